The predicted molar refractivity (Wildman–Crippen MR) is 107 cm³/mol. The van der Waals surface area contributed by atoms with Crippen LogP contribution in [0.25, 0.3) is 11.4 Å². The molecular weight excluding hydrogens is 372 g/mol. The van der Waals surface area contributed by atoms with Gasteiger partial charge in [-0.15, -0.1) is 10.2 Å². The highest BCUT2D eigenvalue weighted by molar-refractivity contribution is 8.00. The Morgan fingerprint density at radius 3 is 2.68 bits per heavy atom. The van der Waals surface area contributed by atoms with Crippen LogP contribution in [0.15, 0.2) is 82.8 Å². The molecule has 0 fully saturated rings. The van der Waals surface area contributed by atoms with Crippen molar-refractivity contribution in [3.63, 3.8) is 0 Å². The monoisotopic (exact) mass is 390 g/mol. The summed E-state index contributed by atoms with van der Waals surface area (Å²) in [5, 5.41) is 9.05. The molecule has 0 aliphatic rings. The highest BCUT2D eigenvalue weighted by atomic mass is 32.2. The Morgan fingerprint density at radius 1 is 1.11 bits per heavy atom. The summed E-state index contributed by atoms with van der Waals surface area (Å²) in [5.41, 5.74) is 1.54. The molecule has 7 heteroatoms. The Balaban J connectivity index is 1.65. The minimum Gasteiger partial charge on any atom is -0.467 e. The van der Waals surface area contributed by atoms with E-state index in [1.165, 1.54) is 11.8 Å². The topological polar surface area (TPSA) is 73.8 Å². The summed E-state index contributed by atoms with van der Waals surface area (Å²) >= 11 is 1.39. The third kappa shape index (κ3) is 3.89. The van der Waals surface area contributed by atoms with Gasteiger partial charge in [-0.05, 0) is 31.2 Å². The fourth-order valence-corrected chi connectivity index (χ4v) is 3.76. The van der Waals surface area contributed by atoms with Crippen LogP contribution in [-0.2, 0) is 6.54 Å². The van der Waals surface area contributed by atoms with Gasteiger partial charge in [-0.3, -0.25) is 14.3 Å². The zero-order chi connectivity index (χ0) is 19.3. The third-order valence-corrected chi connectivity index (χ3v) is 5.32. The molecule has 0 aliphatic carbocycles. The van der Waals surface area contributed by atoms with Crippen molar-refractivity contribution in [2.24, 2.45) is 0 Å². The first-order valence-electron chi connectivity index (χ1n) is 8.84. The van der Waals surface area contributed by atoms with Crippen LogP contribution in [0.1, 0.15) is 23.0 Å². The number of ketones is 1. The Labute approximate surface area is 166 Å². The SMILES string of the molecule is CC(Sc1nnc(-c2cccnc2)n1Cc1ccco1)C(=O)c1ccccc1. The van der Waals surface area contributed by atoms with Gasteiger partial charge in [0.2, 0.25) is 0 Å². The van der Waals surface area contributed by atoms with E-state index in [-0.39, 0.29) is 11.0 Å². The Hall–Kier alpha value is -3.19. The number of hydrogen-bond acceptors (Lipinski definition) is 6. The normalized spacial score (nSPS) is 12.0. The molecule has 0 N–H and O–H groups in total. The minimum atomic E-state index is -0.302. The maximum atomic E-state index is 12.7. The number of aromatic nitrogens is 4. The van der Waals surface area contributed by atoms with E-state index in [0.717, 1.165) is 11.3 Å². The van der Waals surface area contributed by atoms with Crippen molar-refractivity contribution in [2.45, 2.75) is 23.9 Å². The first kappa shape index (κ1) is 18.2. The van der Waals surface area contributed by atoms with Crippen molar-refractivity contribution >= 4 is 17.5 Å². The Morgan fingerprint density at radius 2 is 1.96 bits per heavy atom. The van der Waals surface area contributed by atoms with E-state index in [4.69, 9.17) is 4.42 Å². The van der Waals surface area contributed by atoms with Crippen LogP contribution >= 0.6 is 11.8 Å². The van der Waals surface area contributed by atoms with Crippen LogP contribution in [0.5, 0.6) is 0 Å². The summed E-state index contributed by atoms with van der Waals surface area (Å²) in [6, 6.07) is 16.8. The van der Waals surface area contributed by atoms with Gasteiger partial charge in [0.1, 0.15) is 5.76 Å². The number of carbonyl (C=O) groups excluding carboxylic acids is 1. The van der Waals surface area contributed by atoms with Crippen molar-refractivity contribution in [3.05, 3.63) is 84.6 Å². The summed E-state index contributed by atoms with van der Waals surface area (Å²) in [5.74, 6) is 1.53. The van der Waals surface area contributed by atoms with Gasteiger partial charge in [-0.1, -0.05) is 42.1 Å². The molecule has 4 aromatic rings. The number of furan rings is 1. The molecule has 0 radical (unpaired) electrons. The number of rotatable bonds is 7. The zero-order valence-corrected chi connectivity index (χ0v) is 16.0. The second kappa shape index (κ2) is 8.22. The van der Waals surface area contributed by atoms with Gasteiger partial charge in [-0.2, -0.15) is 0 Å². The first-order valence-corrected chi connectivity index (χ1v) is 9.72. The van der Waals surface area contributed by atoms with E-state index in [2.05, 4.69) is 15.2 Å². The van der Waals surface area contributed by atoms with Crippen molar-refractivity contribution < 1.29 is 9.21 Å². The van der Waals surface area contributed by atoms with Crippen LogP contribution in [0, 0.1) is 0 Å². The Kier molecular flexibility index (Phi) is 5.34. The highest BCUT2D eigenvalue weighted by Gasteiger charge is 2.22. The van der Waals surface area contributed by atoms with Gasteiger partial charge in [0.05, 0.1) is 18.1 Å². The molecule has 6 nitrogen and oxygen atoms in total. The Bertz CT molecular complexity index is 1050. The molecule has 140 valence electrons. The predicted octanol–water partition coefficient (Wildman–Crippen LogP) is 4.34. The summed E-state index contributed by atoms with van der Waals surface area (Å²) in [4.78, 5) is 16.9. The van der Waals surface area contributed by atoms with Gasteiger partial charge in [-0.25, -0.2) is 0 Å². The molecule has 1 unspecified atom stereocenters. The smallest absolute Gasteiger partial charge is 0.192 e. The highest BCUT2D eigenvalue weighted by Crippen LogP contribution is 2.29. The van der Waals surface area contributed by atoms with Crippen LogP contribution in [0.2, 0.25) is 0 Å². The van der Waals surface area contributed by atoms with E-state index in [9.17, 15) is 4.79 Å². The second-order valence-electron chi connectivity index (χ2n) is 6.20. The van der Waals surface area contributed by atoms with Crippen molar-refractivity contribution in [3.8, 4) is 11.4 Å². The number of hydrogen-bond donors (Lipinski definition) is 0. The van der Waals surface area contributed by atoms with E-state index < -0.39 is 0 Å². The van der Waals surface area contributed by atoms with E-state index in [1.54, 1.807) is 18.7 Å². The lowest BCUT2D eigenvalue weighted by Crippen LogP contribution is -2.15. The molecule has 1 aromatic carbocycles. The molecule has 4 rings (SSSR count). The van der Waals surface area contributed by atoms with Gasteiger partial charge < -0.3 is 4.42 Å². The molecule has 3 heterocycles. The first-order chi connectivity index (χ1) is 13.7. The molecule has 0 bridgehead atoms. The van der Waals surface area contributed by atoms with Gasteiger partial charge >= 0.3 is 0 Å². The standard InChI is InChI=1S/C21H18N4O2S/c1-15(19(26)16-7-3-2-4-8-16)28-21-24-23-20(17-9-5-11-22-13-17)25(21)14-18-10-6-12-27-18/h2-13,15H,14H2,1H3. The summed E-state index contributed by atoms with van der Waals surface area (Å²) < 4.78 is 7.46. The summed E-state index contributed by atoms with van der Waals surface area (Å²) in [7, 11) is 0. The lowest BCUT2D eigenvalue weighted by molar-refractivity contribution is 0.0994. The van der Waals surface area contributed by atoms with E-state index in [0.29, 0.717) is 23.1 Å². The van der Waals surface area contributed by atoms with Gasteiger partial charge in [0, 0.05) is 23.5 Å². The van der Waals surface area contributed by atoms with Crippen molar-refractivity contribution in [2.75, 3.05) is 0 Å². The lowest BCUT2D eigenvalue weighted by atomic mass is 10.1. The number of nitrogens with zero attached hydrogens (tertiary/aromatic N) is 4. The molecule has 0 spiro atoms. The minimum absolute atomic E-state index is 0.0566. The molecule has 0 aliphatic heterocycles. The maximum Gasteiger partial charge on any atom is 0.192 e. The molecule has 0 amide bonds. The summed E-state index contributed by atoms with van der Waals surface area (Å²) in [6.45, 7) is 2.36. The quantitative estimate of drug-likeness (QED) is 0.345. The number of thioether (sulfide) groups is 1. The fraction of sp³-hybridized carbons (Fsp3) is 0.143. The molecule has 0 saturated carbocycles. The number of benzene rings is 1. The van der Waals surface area contributed by atoms with Crippen LogP contribution in [0.3, 0.4) is 0 Å². The largest absolute Gasteiger partial charge is 0.467 e. The average molecular weight is 390 g/mol. The number of pyridine rings is 1. The van der Waals surface area contributed by atoms with Crippen LogP contribution in [0.4, 0.5) is 0 Å². The van der Waals surface area contributed by atoms with Gasteiger partial charge in [0.15, 0.2) is 16.8 Å². The second-order valence-corrected chi connectivity index (χ2v) is 7.51. The maximum absolute atomic E-state index is 12.7. The molecular formula is C21H18N4O2S. The number of carbonyl (C=O) groups is 1. The van der Waals surface area contributed by atoms with Crippen LogP contribution in [-0.4, -0.2) is 30.8 Å². The van der Waals surface area contributed by atoms with E-state index in [1.807, 2.05) is 66.1 Å². The van der Waals surface area contributed by atoms with Crippen LogP contribution < -0.4 is 0 Å². The molecule has 28 heavy (non-hydrogen) atoms. The third-order valence-electron chi connectivity index (χ3n) is 4.24. The zero-order valence-electron chi connectivity index (χ0n) is 15.2. The lowest BCUT2D eigenvalue weighted by Gasteiger charge is -2.12. The molecule has 1 atom stereocenters. The molecule has 3 aromatic heterocycles. The summed E-state index contributed by atoms with van der Waals surface area (Å²) in [6.07, 6.45) is 5.10. The average Bonchev–Trinajstić information content (AvgIpc) is 3.39. The van der Waals surface area contributed by atoms with Crippen molar-refractivity contribution in [1.82, 2.24) is 19.7 Å². The number of Topliss-reactive ketones (excluding diaryl/α,β-unsaturated/α-hetero) is 1. The van der Waals surface area contributed by atoms with Crippen molar-refractivity contribution in [1.29, 1.82) is 0 Å². The van der Waals surface area contributed by atoms with Gasteiger partial charge in [0.25, 0.3) is 0 Å². The molecule has 0 saturated heterocycles. The fourth-order valence-electron chi connectivity index (χ4n) is 2.83. The van der Waals surface area contributed by atoms with E-state index >= 15 is 0 Å².